The average molecular weight is 357 g/mol. The number of nitrogens with one attached hydrogen (secondary N) is 1. The smallest absolute Gasteiger partial charge is 0.335 e. The second-order valence-corrected chi connectivity index (χ2v) is 6.43. The molecule has 0 bridgehead atoms. The van der Waals surface area contributed by atoms with Gasteiger partial charge in [0.1, 0.15) is 4.90 Å². The van der Waals surface area contributed by atoms with Crippen LogP contribution in [0.15, 0.2) is 52.1 Å². The van der Waals surface area contributed by atoms with Crippen molar-refractivity contribution in [2.75, 3.05) is 4.72 Å². The summed E-state index contributed by atoms with van der Waals surface area (Å²) in [7, 11) is -3.81. The maximum absolute atomic E-state index is 12.1. The lowest BCUT2D eigenvalue weighted by atomic mass is 10.2. The SMILES string of the molecule is O=C(O)c1cccc(NS(=O)(=O)c2cncc(Br)c2)c1. The first-order chi connectivity index (χ1) is 9.38. The molecular weight excluding hydrogens is 348 g/mol. The van der Waals surface area contributed by atoms with Crippen LogP contribution >= 0.6 is 15.9 Å². The number of benzene rings is 1. The first kappa shape index (κ1) is 14.5. The molecule has 0 aliphatic carbocycles. The highest BCUT2D eigenvalue weighted by molar-refractivity contribution is 9.10. The van der Waals surface area contributed by atoms with Crippen LogP contribution in [0.3, 0.4) is 0 Å². The van der Waals surface area contributed by atoms with Crippen LogP contribution in [-0.2, 0) is 10.0 Å². The molecule has 0 radical (unpaired) electrons. The summed E-state index contributed by atoms with van der Waals surface area (Å²) in [4.78, 5) is 14.6. The van der Waals surface area contributed by atoms with E-state index in [0.29, 0.717) is 4.47 Å². The Hall–Kier alpha value is -1.93. The fourth-order valence-corrected chi connectivity index (χ4v) is 3.02. The molecule has 104 valence electrons. The van der Waals surface area contributed by atoms with Crippen molar-refractivity contribution in [3.05, 3.63) is 52.8 Å². The molecule has 1 heterocycles. The van der Waals surface area contributed by atoms with E-state index < -0.39 is 16.0 Å². The molecule has 2 rings (SSSR count). The highest BCUT2D eigenvalue weighted by Gasteiger charge is 2.15. The van der Waals surface area contributed by atoms with Crippen LogP contribution in [0.25, 0.3) is 0 Å². The van der Waals surface area contributed by atoms with E-state index in [1.165, 1.54) is 42.7 Å². The molecule has 0 atom stereocenters. The number of rotatable bonds is 4. The van der Waals surface area contributed by atoms with Crippen LogP contribution in [0.2, 0.25) is 0 Å². The summed E-state index contributed by atoms with van der Waals surface area (Å²) >= 11 is 3.14. The first-order valence-electron chi connectivity index (χ1n) is 5.35. The lowest BCUT2D eigenvalue weighted by Gasteiger charge is -2.08. The van der Waals surface area contributed by atoms with Gasteiger partial charge in [0.25, 0.3) is 10.0 Å². The maximum Gasteiger partial charge on any atom is 0.335 e. The lowest BCUT2D eigenvalue weighted by Crippen LogP contribution is -2.13. The van der Waals surface area contributed by atoms with Crippen LogP contribution < -0.4 is 4.72 Å². The molecule has 20 heavy (non-hydrogen) atoms. The van der Waals surface area contributed by atoms with Gasteiger partial charge in [-0.2, -0.15) is 0 Å². The molecule has 0 saturated carbocycles. The zero-order valence-corrected chi connectivity index (χ0v) is 12.3. The quantitative estimate of drug-likeness (QED) is 0.876. The molecule has 2 aromatic rings. The summed E-state index contributed by atoms with van der Waals surface area (Å²) in [6.07, 6.45) is 2.66. The lowest BCUT2D eigenvalue weighted by molar-refractivity contribution is 0.0697. The predicted octanol–water partition coefficient (Wildman–Crippen LogP) is 2.34. The fraction of sp³-hybridized carbons (Fsp3) is 0. The van der Waals surface area contributed by atoms with Gasteiger partial charge in [0.2, 0.25) is 0 Å². The molecule has 0 fully saturated rings. The summed E-state index contributed by atoms with van der Waals surface area (Å²) in [6, 6.07) is 6.94. The molecule has 6 nitrogen and oxygen atoms in total. The number of carboxylic acids is 1. The topological polar surface area (TPSA) is 96.4 Å². The number of nitrogens with zero attached hydrogens (tertiary/aromatic N) is 1. The van der Waals surface area contributed by atoms with Gasteiger partial charge >= 0.3 is 5.97 Å². The van der Waals surface area contributed by atoms with Crippen molar-refractivity contribution < 1.29 is 18.3 Å². The van der Waals surface area contributed by atoms with Crippen molar-refractivity contribution in [3.8, 4) is 0 Å². The van der Waals surface area contributed by atoms with Crippen LogP contribution in [0.5, 0.6) is 0 Å². The van der Waals surface area contributed by atoms with Crippen LogP contribution in [-0.4, -0.2) is 24.5 Å². The molecule has 0 spiro atoms. The van der Waals surface area contributed by atoms with Crippen molar-refractivity contribution in [1.82, 2.24) is 4.98 Å². The van der Waals surface area contributed by atoms with E-state index in [1.807, 2.05) is 0 Å². The number of aromatic carboxylic acids is 1. The third-order valence-corrected chi connectivity index (χ3v) is 4.13. The number of hydrogen-bond donors (Lipinski definition) is 2. The zero-order chi connectivity index (χ0) is 14.8. The standard InChI is InChI=1S/C12H9BrN2O4S/c13-9-5-11(7-14-6-9)20(18,19)15-10-3-1-2-8(4-10)12(16)17/h1-7,15H,(H,16,17). The minimum Gasteiger partial charge on any atom is -0.478 e. The van der Waals surface area contributed by atoms with Crippen LogP contribution in [0.1, 0.15) is 10.4 Å². The number of anilines is 1. The Bertz CT molecular complexity index is 762. The maximum atomic E-state index is 12.1. The van der Waals surface area contributed by atoms with E-state index in [-0.39, 0.29) is 16.1 Å². The van der Waals surface area contributed by atoms with Gasteiger partial charge in [0.15, 0.2) is 0 Å². The molecule has 0 amide bonds. The van der Waals surface area contributed by atoms with E-state index in [4.69, 9.17) is 5.11 Å². The van der Waals surface area contributed by atoms with Gasteiger partial charge in [0, 0.05) is 22.6 Å². The third kappa shape index (κ3) is 3.34. The van der Waals surface area contributed by atoms with Gasteiger partial charge in [-0.15, -0.1) is 0 Å². The molecule has 0 saturated heterocycles. The Balaban J connectivity index is 2.33. The Labute approximate surface area is 123 Å². The Morgan fingerprint density at radius 2 is 2.00 bits per heavy atom. The highest BCUT2D eigenvalue weighted by atomic mass is 79.9. The minimum absolute atomic E-state index is 0.00225. The second kappa shape index (κ2) is 5.59. The molecule has 2 N–H and O–H groups in total. The van der Waals surface area contributed by atoms with Crippen molar-refractivity contribution >= 4 is 37.6 Å². The summed E-state index contributed by atoms with van der Waals surface area (Å²) in [5, 5.41) is 8.87. The Morgan fingerprint density at radius 1 is 1.25 bits per heavy atom. The normalized spacial score (nSPS) is 11.1. The molecular formula is C12H9BrN2O4S. The van der Waals surface area contributed by atoms with Gasteiger partial charge in [0.05, 0.1) is 5.56 Å². The number of carbonyl (C=O) groups is 1. The highest BCUT2D eigenvalue weighted by Crippen LogP contribution is 2.19. The van der Waals surface area contributed by atoms with Gasteiger partial charge in [-0.1, -0.05) is 6.07 Å². The van der Waals surface area contributed by atoms with Crippen LogP contribution in [0.4, 0.5) is 5.69 Å². The average Bonchev–Trinajstić information content (AvgIpc) is 2.38. The third-order valence-electron chi connectivity index (χ3n) is 2.35. The van der Waals surface area contributed by atoms with E-state index in [1.54, 1.807) is 0 Å². The van der Waals surface area contributed by atoms with Crippen molar-refractivity contribution in [2.24, 2.45) is 0 Å². The monoisotopic (exact) mass is 356 g/mol. The summed E-state index contributed by atoms with van der Waals surface area (Å²) < 4.78 is 27.1. The zero-order valence-electron chi connectivity index (χ0n) is 9.95. The first-order valence-corrected chi connectivity index (χ1v) is 7.63. The molecule has 8 heteroatoms. The Morgan fingerprint density at radius 3 is 2.65 bits per heavy atom. The summed E-state index contributed by atoms with van der Waals surface area (Å²) in [5.74, 6) is -1.13. The van der Waals surface area contributed by atoms with E-state index in [2.05, 4.69) is 25.6 Å². The van der Waals surface area contributed by atoms with Gasteiger partial charge < -0.3 is 5.11 Å². The van der Waals surface area contributed by atoms with Crippen molar-refractivity contribution in [1.29, 1.82) is 0 Å². The predicted molar refractivity (Wildman–Crippen MR) is 76.1 cm³/mol. The fourth-order valence-electron chi connectivity index (χ4n) is 1.47. The molecule has 0 aliphatic heterocycles. The number of hydrogen-bond acceptors (Lipinski definition) is 4. The van der Waals surface area contributed by atoms with Crippen molar-refractivity contribution in [2.45, 2.75) is 4.90 Å². The van der Waals surface area contributed by atoms with Gasteiger partial charge in [-0.05, 0) is 40.2 Å². The minimum atomic E-state index is -3.81. The van der Waals surface area contributed by atoms with E-state index in [0.717, 1.165) is 0 Å². The number of aromatic nitrogens is 1. The number of halogens is 1. The van der Waals surface area contributed by atoms with Crippen LogP contribution in [0, 0.1) is 0 Å². The largest absolute Gasteiger partial charge is 0.478 e. The van der Waals surface area contributed by atoms with E-state index >= 15 is 0 Å². The number of sulfonamides is 1. The van der Waals surface area contributed by atoms with E-state index in [9.17, 15) is 13.2 Å². The van der Waals surface area contributed by atoms with Gasteiger partial charge in [-0.3, -0.25) is 9.71 Å². The number of pyridine rings is 1. The molecule has 1 aromatic carbocycles. The van der Waals surface area contributed by atoms with Crippen molar-refractivity contribution in [3.63, 3.8) is 0 Å². The molecule has 0 unspecified atom stereocenters. The second-order valence-electron chi connectivity index (χ2n) is 3.83. The molecule has 1 aromatic heterocycles. The molecule has 0 aliphatic rings. The summed E-state index contributed by atoms with van der Waals surface area (Å²) in [5.41, 5.74) is 0.169. The number of carboxylic acid groups (broad SMARTS) is 1. The Kier molecular flexibility index (Phi) is 4.05. The van der Waals surface area contributed by atoms with Gasteiger partial charge in [-0.25, -0.2) is 13.2 Å². The summed E-state index contributed by atoms with van der Waals surface area (Å²) in [6.45, 7) is 0.